The average molecular weight is 276 g/mol. The molecule has 0 saturated heterocycles. The quantitative estimate of drug-likeness (QED) is 0.813. The molecular formula is C7H6BrN3O2S. The fraction of sp³-hybridized carbons (Fsp3) is 0. The van der Waals surface area contributed by atoms with Crippen molar-refractivity contribution >= 4 is 37.0 Å². The fourth-order valence-corrected chi connectivity index (χ4v) is 2.16. The van der Waals surface area contributed by atoms with Gasteiger partial charge in [-0.15, -0.1) is 0 Å². The molecule has 2 heterocycles. The topological polar surface area (TPSA) is 88.8 Å². The molecule has 74 valence electrons. The SMILES string of the molecule is NS(=O)(=O)c1c[nH]c2cc(Br)cnc12. The third-order valence-corrected chi connectivity index (χ3v) is 3.11. The predicted octanol–water partition coefficient (Wildman–Crippen LogP) is 0.973. The predicted molar refractivity (Wildman–Crippen MR) is 55.2 cm³/mol. The Bertz CT molecular complexity index is 590. The summed E-state index contributed by atoms with van der Waals surface area (Å²) in [4.78, 5) is 6.77. The highest BCUT2D eigenvalue weighted by molar-refractivity contribution is 9.10. The molecule has 3 N–H and O–H groups in total. The molecule has 2 aromatic heterocycles. The Balaban J connectivity index is 2.83. The van der Waals surface area contributed by atoms with E-state index >= 15 is 0 Å². The van der Waals surface area contributed by atoms with Crippen LogP contribution >= 0.6 is 15.9 Å². The van der Waals surface area contributed by atoms with E-state index in [2.05, 4.69) is 25.9 Å². The molecule has 2 aromatic rings. The van der Waals surface area contributed by atoms with Gasteiger partial charge in [-0.05, 0) is 22.0 Å². The number of nitrogens with zero attached hydrogens (tertiary/aromatic N) is 1. The van der Waals surface area contributed by atoms with Crippen molar-refractivity contribution < 1.29 is 8.42 Å². The summed E-state index contributed by atoms with van der Waals surface area (Å²) in [5.41, 5.74) is 0.985. The molecule has 0 radical (unpaired) electrons. The van der Waals surface area contributed by atoms with Crippen LogP contribution in [-0.2, 0) is 10.0 Å². The number of fused-ring (bicyclic) bond motifs is 1. The van der Waals surface area contributed by atoms with Crippen molar-refractivity contribution in [2.24, 2.45) is 5.14 Å². The Morgan fingerprint density at radius 1 is 1.50 bits per heavy atom. The van der Waals surface area contributed by atoms with Gasteiger partial charge in [-0.3, -0.25) is 4.98 Å². The van der Waals surface area contributed by atoms with Crippen LogP contribution in [0.4, 0.5) is 0 Å². The van der Waals surface area contributed by atoms with E-state index in [0.717, 1.165) is 4.47 Å². The Morgan fingerprint density at radius 2 is 2.21 bits per heavy atom. The van der Waals surface area contributed by atoms with Gasteiger partial charge in [0.25, 0.3) is 0 Å². The second-order valence-electron chi connectivity index (χ2n) is 2.75. The van der Waals surface area contributed by atoms with Crippen molar-refractivity contribution in [3.8, 4) is 0 Å². The van der Waals surface area contributed by atoms with Gasteiger partial charge in [-0.25, -0.2) is 13.6 Å². The number of aromatic amines is 1. The summed E-state index contributed by atoms with van der Waals surface area (Å²) in [5.74, 6) is 0. The minimum atomic E-state index is -3.71. The molecule has 2 rings (SSSR count). The Labute approximate surface area is 88.5 Å². The first-order chi connectivity index (χ1) is 6.48. The Kier molecular flexibility index (Phi) is 2.09. The zero-order valence-electron chi connectivity index (χ0n) is 6.86. The zero-order valence-corrected chi connectivity index (χ0v) is 9.26. The van der Waals surface area contributed by atoms with Crippen LogP contribution in [0.2, 0.25) is 0 Å². The molecule has 0 amide bonds. The largest absolute Gasteiger partial charge is 0.359 e. The van der Waals surface area contributed by atoms with Crippen LogP contribution in [0.25, 0.3) is 11.0 Å². The van der Waals surface area contributed by atoms with Crippen LogP contribution < -0.4 is 5.14 Å². The van der Waals surface area contributed by atoms with Crippen molar-refractivity contribution in [3.63, 3.8) is 0 Å². The van der Waals surface area contributed by atoms with Crippen LogP contribution in [0.3, 0.4) is 0 Å². The van der Waals surface area contributed by atoms with E-state index in [1.807, 2.05) is 0 Å². The summed E-state index contributed by atoms with van der Waals surface area (Å²) >= 11 is 3.23. The average Bonchev–Trinajstić information content (AvgIpc) is 2.45. The smallest absolute Gasteiger partial charge is 0.241 e. The summed E-state index contributed by atoms with van der Waals surface area (Å²) in [6, 6.07) is 1.73. The minimum absolute atomic E-state index is 0.0139. The first-order valence-electron chi connectivity index (χ1n) is 3.64. The number of pyridine rings is 1. The molecule has 0 aliphatic heterocycles. The molecule has 14 heavy (non-hydrogen) atoms. The van der Waals surface area contributed by atoms with E-state index in [0.29, 0.717) is 11.0 Å². The molecular weight excluding hydrogens is 270 g/mol. The molecule has 0 aliphatic rings. The summed E-state index contributed by atoms with van der Waals surface area (Å²) in [5, 5.41) is 5.01. The molecule has 0 spiro atoms. The van der Waals surface area contributed by atoms with Gasteiger partial charge in [0, 0.05) is 16.9 Å². The van der Waals surface area contributed by atoms with Gasteiger partial charge in [-0.2, -0.15) is 0 Å². The molecule has 0 aromatic carbocycles. The van der Waals surface area contributed by atoms with Crippen molar-refractivity contribution in [2.45, 2.75) is 4.90 Å². The molecule has 0 atom stereocenters. The van der Waals surface area contributed by atoms with Crippen LogP contribution in [0.5, 0.6) is 0 Å². The molecule has 0 fully saturated rings. The van der Waals surface area contributed by atoms with E-state index in [1.165, 1.54) is 12.4 Å². The highest BCUT2D eigenvalue weighted by Crippen LogP contribution is 2.21. The van der Waals surface area contributed by atoms with Crippen molar-refractivity contribution in [1.29, 1.82) is 0 Å². The maximum absolute atomic E-state index is 11.1. The molecule has 0 bridgehead atoms. The normalized spacial score (nSPS) is 12.1. The number of nitrogens with one attached hydrogen (secondary N) is 1. The zero-order chi connectivity index (χ0) is 10.3. The van der Waals surface area contributed by atoms with Gasteiger partial charge in [0.2, 0.25) is 10.0 Å². The summed E-state index contributed by atoms with van der Waals surface area (Å²) in [6.45, 7) is 0. The lowest BCUT2D eigenvalue weighted by Gasteiger charge is -1.94. The summed E-state index contributed by atoms with van der Waals surface area (Å²) in [7, 11) is -3.71. The van der Waals surface area contributed by atoms with Gasteiger partial charge >= 0.3 is 0 Å². The number of hydrogen-bond acceptors (Lipinski definition) is 3. The minimum Gasteiger partial charge on any atom is -0.359 e. The van der Waals surface area contributed by atoms with Gasteiger partial charge < -0.3 is 4.98 Å². The number of rotatable bonds is 1. The second kappa shape index (κ2) is 3.04. The maximum Gasteiger partial charge on any atom is 0.241 e. The number of H-pyrrole nitrogens is 1. The first kappa shape index (κ1) is 9.63. The number of primary sulfonamides is 1. The lowest BCUT2D eigenvalue weighted by atomic mass is 10.4. The number of halogens is 1. The highest BCUT2D eigenvalue weighted by Gasteiger charge is 2.15. The van der Waals surface area contributed by atoms with E-state index in [1.54, 1.807) is 6.07 Å². The lowest BCUT2D eigenvalue weighted by Crippen LogP contribution is -2.11. The maximum atomic E-state index is 11.1. The molecule has 5 nitrogen and oxygen atoms in total. The summed E-state index contributed by atoms with van der Waals surface area (Å²) in [6.07, 6.45) is 2.85. The summed E-state index contributed by atoms with van der Waals surface area (Å²) < 4.78 is 23.0. The van der Waals surface area contributed by atoms with Gasteiger partial charge in [0.05, 0.1) is 5.52 Å². The van der Waals surface area contributed by atoms with Gasteiger partial charge in [0.1, 0.15) is 10.4 Å². The monoisotopic (exact) mass is 275 g/mol. The first-order valence-corrected chi connectivity index (χ1v) is 5.98. The van der Waals surface area contributed by atoms with Crippen LogP contribution in [-0.4, -0.2) is 18.4 Å². The highest BCUT2D eigenvalue weighted by atomic mass is 79.9. The van der Waals surface area contributed by atoms with Crippen molar-refractivity contribution in [2.75, 3.05) is 0 Å². The van der Waals surface area contributed by atoms with Gasteiger partial charge in [0.15, 0.2) is 0 Å². The van der Waals surface area contributed by atoms with Crippen LogP contribution in [0.15, 0.2) is 27.8 Å². The van der Waals surface area contributed by atoms with Crippen LogP contribution in [0, 0.1) is 0 Å². The van der Waals surface area contributed by atoms with E-state index in [-0.39, 0.29) is 4.90 Å². The molecule has 0 aliphatic carbocycles. The van der Waals surface area contributed by atoms with E-state index < -0.39 is 10.0 Å². The fourth-order valence-electron chi connectivity index (χ4n) is 1.17. The van der Waals surface area contributed by atoms with Gasteiger partial charge in [-0.1, -0.05) is 0 Å². The Hall–Kier alpha value is -0.920. The lowest BCUT2D eigenvalue weighted by molar-refractivity contribution is 0.598. The standard InChI is InChI=1S/C7H6BrN3O2S/c8-4-1-5-7(11-2-4)6(3-10-5)14(9,12)13/h1-3,10H,(H2,9,12,13). The third-order valence-electron chi connectivity index (χ3n) is 1.75. The number of nitrogens with two attached hydrogens (primary N) is 1. The van der Waals surface area contributed by atoms with E-state index in [4.69, 9.17) is 5.14 Å². The van der Waals surface area contributed by atoms with Crippen LogP contribution in [0.1, 0.15) is 0 Å². The van der Waals surface area contributed by atoms with E-state index in [9.17, 15) is 8.42 Å². The number of aromatic nitrogens is 2. The Morgan fingerprint density at radius 3 is 2.86 bits per heavy atom. The molecule has 0 saturated carbocycles. The van der Waals surface area contributed by atoms with Crippen molar-refractivity contribution in [3.05, 3.63) is 22.9 Å². The molecule has 0 unspecified atom stereocenters. The third kappa shape index (κ3) is 1.54. The second-order valence-corrected chi connectivity index (χ2v) is 5.19. The number of hydrogen-bond donors (Lipinski definition) is 2. The molecule has 7 heteroatoms. The van der Waals surface area contributed by atoms with Crippen molar-refractivity contribution in [1.82, 2.24) is 9.97 Å². The number of sulfonamides is 1.